The van der Waals surface area contributed by atoms with Crippen LogP contribution in [0.25, 0.3) is 0 Å². The van der Waals surface area contributed by atoms with Crippen molar-refractivity contribution in [3.8, 4) is 0 Å². The monoisotopic (exact) mass is 234 g/mol. The van der Waals surface area contributed by atoms with Crippen LogP contribution >= 0.6 is 0 Å². The van der Waals surface area contributed by atoms with Gasteiger partial charge in [-0.15, -0.1) is 0 Å². The Hall–Kier alpha value is -1.88. The summed E-state index contributed by atoms with van der Waals surface area (Å²) < 4.78 is 0. The average Bonchev–Trinajstić information content (AvgIpc) is 2.74. The number of nitrogens with two attached hydrogens (primary N) is 1. The van der Waals surface area contributed by atoms with Gasteiger partial charge in [0.2, 0.25) is 5.91 Å². The summed E-state index contributed by atoms with van der Waals surface area (Å²) in [6, 6.07) is 5.76. The zero-order valence-corrected chi connectivity index (χ0v) is 9.30. The van der Waals surface area contributed by atoms with E-state index in [-0.39, 0.29) is 5.91 Å². The first kappa shape index (κ1) is 11.6. The van der Waals surface area contributed by atoms with E-state index in [9.17, 15) is 9.59 Å². The van der Waals surface area contributed by atoms with Gasteiger partial charge < -0.3 is 15.7 Å². The van der Waals surface area contributed by atoms with Crippen LogP contribution in [0.3, 0.4) is 0 Å². The molecule has 1 saturated heterocycles. The summed E-state index contributed by atoms with van der Waals surface area (Å²) in [6.45, 7) is 0.725. The number of carbonyl (C=O) groups is 2. The second kappa shape index (κ2) is 4.55. The molecule has 5 heteroatoms. The minimum atomic E-state index is -1.06. The normalized spacial score (nSPS) is 17.2. The molecule has 90 valence electrons. The molecule has 0 spiro atoms. The average molecular weight is 234 g/mol. The number of aliphatic carboxylic acids is 1. The zero-order valence-electron chi connectivity index (χ0n) is 9.30. The van der Waals surface area contributed by atoms with Gasteiger partial charge in [0.25, 0.3) is 0 Å². The summed E-state index contributed by atoms with van der Waals surface area (Å²) in [5.74, 6) is -0.949. The quantitative estimate of drug-likeness (QED) is 0.813. The van der Waals surface area contributed by atoms with Crippen molar-refractivity contribution < 1.29 is 14.7 Å². The van der Waals surface area contributed by atoms with Crippen LogP contribution < -0.4 is 10.6 Å². The number of anilines is 1. The van der Waals surface area contributed by atoms with Crippen molar-refractivity contribution in [2.75, 3.05) is 11.4 Å². The Balaban J connectivity index is 2.18. The van der Waals surface area contributed by atoms with Crippen LogP contribution in [0.4, 0.5) is 5.69 Å². The van der Waals surface area contributed by atoms with E-state index in [2.05, 4.69) is 0 Å². The molecule has 1 aliphatic heterocycles. The molecule has 0 bridgehead atoms. The minimum Gasteiger partial charge on any atom is -0.480 e. The molecular weight excluding hydrogens is 220 g/mol. The number of carboxylic acid groups (broad SMARTS) is 1. The molecule has 5 nitrogen and oxygen atoms in total. The molecule has 1 heterocycles. The predicted molar refractivity (Wildman–Crippen MR) is 62.6 cm³/mol. The van der Waals surface area contributed by atoms with Crippen LogP contribution in [0.5, 0.6) is 0 Å². The summed E-state index contributed by atoms with van der Waals surface area (Å²) in [4.78, 5) is 23.9. The van der Waals surface area contributed by atoms with Gasteiger partial charge in [-0.05, 0) is 24.1 Å². The third-order valence-electron chi connectivity index (χ3n) is 2.90. The third kappa shape index (κ3) is 2.29. The molecule has 1 aromatic rings. The summed E-state index contributed by atoms with van der Waals surface area (Å²) in [7, 11) is 0. The summed E-state index contributed by atoms with van der Waals surface area (Å²) in [5.41, 5.74) is 6.82. The molecule has 0 radical (unpaired) electrons. The molecule has 1 aromatic carbocycles. The molecule has 0 saturated carbocycles. The Morgan fingerprint density at radius 2 is 2.00 bits per heavy atom. The zero-order chi connectivity index (χ0) is 12.4. The van der Waals surface area contributed by atoms with Crippen LogP contribution in [0.1, 0.15) is 24.4 Å². The molecule has 1 fully saturated rings. The fourth-order valence-electron chi connectivity index (χ4n) is 1.93. The fourth-order valence-corrected chi connectivity index (χ4v) is 1.93. The van der Waals surface area contributed by atoms with Crippen LogP contribution in [-0.4, -0.2) is 23.5 Å². The van der Waals surface area contributed by atoms with Crippen LogP contribution in [0.2, 0.25) is 0 Å². The van der Waals surface area contributed by atoms with E-state index in [0.29, 0.717) is 12.0 Å². The number of hydrogen-bond acceptors (Lipinski definition) is 3. The fraction of sp³-hybridized carbons (Fsp3) is 0.333. The van der Waals surface area contributed by atoms with Gasteiger partial charge in [-0.25, -0.2) is 0 Å². The van der Waals surface area contributed by atoms with Crippen molar-refractivity contribution in [3.63, 3.8) is 0 Å². The van der Waals surface area contributed by atoms with Crippen molar-refractivity contribution in [2.24, 2.45) is 5.73 Å². The number of hydrogen-bond donors (Lipinski definition) is 2. The standard InChI is InChI=1S/C12H14N2O3/c13-11(12(16)17)8-3-5-9(6-4-8)14-7-1-2-10(14)15/h3-6,11H,1-2,7,13H2,(H,16,17)/t11-/m0/s1. The van der Waals surface area contributed by atoms with Crippen LogP contribution in [-0.2, 0) is 9.59 Å². The third-order valence-corrected chi connectivity index (χ3v) is 2.90. The Kier molecular flexibility index (Phi) is 3.10. The maximum Gasteiger partial charge on any atom is 0.325 e. The number of amides is 1. The Labute approximate surface area is 98.8 Å². The largest absolute Gasteiger partial charge is 0.480 e. The van der Waals surface area contributed by atoms with E-state index in [1.54, 1.807) is 29.2 Å². The number of carbonyl (C=O) groups excluding carboxylic acids is 1. The van der Waals surface area contributed by atoms with Gasteiger partial charge in [-0.2, -0.15) is 0 Å². The molecule has 1 atom stereocenters. The molecule has 1 amide bonds. The number of nitrogens with zero attached hydrogens (tertiary/aromatic N) is 1. The second-order valence-corrected chi connectivity index (χ2v) is 4.06. The van der Waals surface area contributed by atoms with E-state index in [0.717, 1.165) is 18.7 Å². The van der Waals surface area contributed by atoms with Gasteiger partial charge in [0, 0.05) is 18.7 Å². The van der Waals surface area contributed by atoms with Crippen molar-refractivity contribution >= 4 is 17.6 Å². The van der Waals surface area contributed by atoms with E-state index in [1.165, 1.54) is 0 Å². The summed E-state index contributed by atoms with van der Waals surface area (Å²) in [6.07, 6.45) is 1.45. The molecule has 1 aliphatic rings. The van der Waals surface area contributed by atoms with Crippen molar-refractivity contribution in [1.29, 1.82) is 0 Å². The van der Waals surface area contributed by atoms with Crippen molar-refractivity contribution in [2.45, 2.75) is 18.9 Å². The smallest absolute Gasteiger partial charge is 0.325 e. The van der Waals surface area contributed by atoms with Gasteiger partial charge in [-0.3, -0.25) is 9.59 Å². The summed E-state index contributed by atoms with van der Waals surface area (Å²) >= 11 is 0. The van der Waals surface area contributed by atoms with Crippen LogP contribution in [0.15, 0.2) is 24.3 Å². The van der Waals surface area contributed by atoms with Gasteiger partial charge in [0.15, 0.2) is 0 Å². The molecule has 17 heavy (non-hydrogen) atoms. The lowest BCUT2D eigenvalue weighted by Crippen LogP contribution is -2.24. The lowest BCUT2D eigenvalue weighted by Gasteiger charge is -2.16. The van der Waals surface area contributed by atoms with Crippen molar-refractivity contribution in [1.82, 2.24) is 0 Å². The first-order valence-electron chi connectivity index (χ1n) is 5.48. The minimum absolute atomic E-state index is 0.111. The first-order chi connectivity index (χ1) is 8.09. The topological polar surface area (TPSA) is 83.6 Å². The highest BCUT2D eigenvalue weighted by atomic mass is 16.4. The summed E-state index contributed by atoms with van der Waals surface area (Å²) in [5, 5.41) is 8.77. The molecular formula is C12H14N2O3. The van der Waals surface area contributed by atoms with Crippen LogP contribution in [0, 0.1) is 0 Å². The second-order valence-electron chi connectivity index (χ2n) is 4.06. The van der Waals surface area contributed by atoms with E-state index < -0.39 is 12.0 Å². The van der Waals surface area contributed by atoms with E-state index in [1.807, 2.05) is 0 Å². The maximum atomic E-state index is 11.5. The Morgan fingerprint density at radius 1 is 1.35 bits per heavy atom. The van der Waals surface area contributed by atoms with Crippen molar-refractivity contribution in [3.05, 3.63) is 29.8 Å². The van der Waals surface area contributed by atoms with Gasteiger partial charge >= 0.3 is 5.97 Å². The highest BCUT2D eigenvalue weighted by molar-refractivity contribution is 5.95. The molecule has 0 aromatic heterocycles. The Bertz CT molecular complexity index is 442. The van der Waals surface area contributed by atoms with E-state index >= 15 is 0 Å². The lowest BCUT2D eigenvalue weighted by atomic mass is 10.1. The highest BCUT2D eigenvalue weighted by Crippen LogP contribution is 2.23. The SMILES string of the molecule is N[C@H](C(=O)O)c1ccc(N2CCCC2=O)cc1. The highest BCUT2D eigenvalue weighted by Gasteiger charge is 2.22. The van der Waals surface area contributed by atoms with Gasteiger partial charge in [0.1, 0.15) is 6.04 Å². The van der Waals surface area contributed by atoms with Gasteiger partial charge in [-0.1, -0.05) is 12.1 Å². The molecule has 2 rings (SSSR count). The van der Waals surface area contributed by atoms with E-state index in [4.69, 9.17) is 10.8 Å². The van der Waals surface area contributed by atoms with Gasteiger partial charge in [0.05, 0.1) is 0 Å². The Morgan fingerprint density at radius 3 is 2.47 bits per heavy atom. The number of rotatable bonds is 3. The maximum absolute atomic E-state index is 11.5. The molecule has 0 aliphatic carbocycles. The lowest BCUT2D eigenvalue weighted by molar-refractivity contribution is -0.138. The predicted octanol–water partition coefficient (Wildman–Crippen LogP) is 0.898. The number of carboxylic acids is 1. The molecule has 3 N–H and O–H groups in total. The molecule has 0 unspecified atom stereocenters. The number of benzene rings is 1. The first-order valence-corrected chi connectivity index (χ1v) is 5.48.